The molecule has 0 aromatic carbocycles. The molecule has 3 nitrogen and oxygen atoms in total. The van der Waals surface area contributed by atoms with Crippen LogP contribution in [0.25, 0.3) is 0 Å². The Balaban J connectivity index is 2.62. The van der Waals surface area contributed by atoms with Gasteiger partial charge >= 0.3 is 0 Å². The molecule has 0 bridgehead atoms. The lowest BCUT2D eigenvalue weighted by molar-refractivity contribution is -0.116. The van der Waals surface area contributed by atoms with Crippen LogP contribution in [0.5, 0.6) is 0 Å². The molecule has 0 unspecified atom stereocenters. The number of allylic oxidation sites excluding steroid dienone is 1. The van der Waals surface area contributed by atoms with Crippen LogP contribution < -0.4 is 5.32 Å². The van der Waals surface area contributed by atoms with E-state index in [0.29, 0.717) is 5.92 Å². The number of carbonyl (C=O) groups is 1. The van der Waals surface area contributed by atoms with Gasteiger partial charge in [0.05, 0.1) is 0 Å². The average Bonchev–Trinajstić information content (AvgIpc) is 2.82. The topological polar surface area (TPSA) is 52.9 Å². The summed E-state index contributed by atoms with van der Waals surface area (Å²) < 4.78 is 0. The van der Waals surface area contributed by atoms with Crippen LogP contribution in [-0.4, -0.2) is 13.0 Å². The number of nitrogens with one attached hydrogen (secondary N) is 1. The number of hydrogen-bond donors (Lipinski definition) is 1. The first-order valence-electron chi connectivity index (χ1n) is 3.62. The summed E-state index contributed by atoms with van der Waals surface area (Å²) in [4.78, 5) is 10.9. The molecule has 1 rings (SSSR count). The first-order valence-corrected chi connectivity index (χ1v) is 3.62. The summed E-state index contributed by atoms with van der Waals surface area (Å²) in [6.45, 7) is 0. The molecule has 58 valence electrons. The van der Waals surface area contributed by atoms with Gasteiger partial charge in [0, 0.05) is 7.05 Å². The van der Waals surface area contributed by atoms with Crippen molar-refractivity contribution in [3.63, 3.8) is 0 Å². The highest BCUT2D eigenvalue weighted by Gasteiger charge is 2.20. The van der Waals surface area contributed by atoms with Crippen molar-refractivity contribution >= 4 is 5.91 Å². The third-order valence-electron chi connectivity index (χ3n) is 1.62. The summed E-state index contributed by atoms with van der Waals surface area (Å²) in [6, 6.07) is 1.87. The molecule has 0 aliphatic heterocycles. The first-order chi connectivity index (χ1) is 5.27. The van der Waals surface area contributed by atoms with Crippen LogP contribution in [0.3, 0.4) is 0 Å². The second-order valence-electron chi connectivity index (χ2n) is 2.61. The van der Waals surface area contributed by atoms with E-state index in [9.17, 15) is 4.79 Å². The molecule has 0 radical (unpaired) electrons. The zero-order valence-corrected chi connectivity index (χ0v) is 6.42. The summed E-state index contributed by atoms with van der Waals surface area (Å²) in [7, 11) is 1.53. The van der Waals surface area contributed by atoms with Gasteiger partial charge in [-0.2, -0.15) is 5.26 Å². The Morgan fingerprint density at radius 2 is 2.36 bits per heavy atom. The zero-order chi connectivity index (χ0) is 8.27. The van der Waals surface area contributed by atoms with Gasteiger partial charge in [0.1, 0.15) is 11.6 Å². The first kappa shape index (κ1) is 7.80. The highest BCUT2D eigenvalue weighted by molar-refractivity contribution is 5.97. The van der Waals surface area contributed by atoms with Crippen LogP contribution in [0, 0.1) is 17.2 Å². The minimum Gasteiger partial charge on any atom is -0.354 e. The van der Waals surface area contributed by atoms with Gasteiger partial charge < -0.3 is 5.32 Å². The predicted molar refractivity (Wildman–Crippen MR) is 40.5 cm³/mol. The lowest BCUT2D eigenvalue weighted by atomic mass is 10.2. The largest absolute Gasteiger partial charge is 0.354 e. The van der Waals surface area contributed by atoms with Gasteiger partial charge in [-0.3, -0.25) is 4.79 Å². The minimum atomic E-state index is -0.278. The fraction of sp³-hybridized carbons (Fsp3) is 0.500. The molecule has 0 spiro atoms. The van der Waals surface area contributed by atoms with Crippen molar-refractivity contribution in [3.05, 3.63) is 11.6 Å². The van der Waals surface area contributed by atoms with Crippen molar-refractivity contribution in [2.75, 3.05) is 7.05 Å². The Labute approximate surface area is 65.7 Å². The van der Waals surface area contributed by atoms with E-state index < -0.39 is 0 Å². The van der Waals surface area contributed by atoms with Gasteiger partial charge in [0.25, 0.3) is 5.91 Å². The number of hydrogen-bond acceptors (Lipinski definition) is 2. The molecule has 1 N–H and O–H groups in total. The lowest BCUT2D eigenvalue weighted by Gasteiger charge is -1.94. The molecule has 1 aliphatic carbocycles. The molecule has 0 heterocycles. The molecule has 0 atom stereocenters. The monoisotopic (exact) mass is 150 g/mol. The fourth-order valence-electron chi connectivity index (χ4n) is 0.797. The zero-order valence-electron chi connectivity index (χ0n) is 6.42. The van der Waals surface area contributed by atoms with Crippen molar-refractivity contribution in [3.8, 4) is 6.07 Å². The second kappa shape index (κ2) is 3.20. The van der Waals surface area contributed by atoms with E-state index in [4.69, 9.17) is 5.26 Å². The van der Waals surface area contributed by atoms with Crippen molar-refractivity contribution in [2.24, 2.45) is 5.92 Å². The summed E-state index contributed by atoms with van der Waals surface area (Å²) in [5, 5.41) is 10.9. The molecule has 0 aromatic rings. The quantitative estimate of drug-likeness (QED) is 0.462. The summed E-state index contributed by atoms with van der Waals surface area (Å²) in [6.07, 6.45) is 3.98. The van der Waals surface area contributed by atoms with Gasteiger partial charge in [-0.05, 0) is 18.8 Å². The van der Waals surface area contributed by atoms with Crippen LogP contribution in [0.1, 0.15) is 12.8 Å². The van der Waals surface area contributed by atoms with Crippen molar-refractivity contribution in [1.29, 1.82) is 5.26 Å². The van der Waals surface area contributed by atoms with Gasteiger partial charge in [0.15, 0.2) is 0 Å². The molecule has 3 heteroatoms. The predicted octanol–water partition coefficient (Wildman–Crippen LogP) is 0.592. The van der Waals surface area contributed by atoms with E-state index in [1.165, 1.54) is 7.05 Å². The minimum absolute atomic E-state index is 0.245. The Kier molecular flexibility index (Phi) is 2.27. The number of amides is 1. The molecule has 1 saturated carbocycles. The number of nitriles is 1. The molecule has 0 aromatic heterocycles. The maximum atomic E-state index is 10.9. The summed E-state index contributed by atoms with van der Waals surface area (Å²) in [5.41, 5.74) is 0.245. The van der Waals surface area contributed by atoms with E-state index >= 15 is 0 Å². The van der Waals surface area contributed by atoms with E-state index in [1.54, 1.807) is 6.08 Å². The van der Waals surface area contributed by atoms with E-state index in [-0.39, 0.29) is 11.5 Å². The van der Waals surface area contributed by atoms with Crippen LogP contribution in [0.15, 0.2) is 11.6 Å². The third-order valence-corrected chi connectivity index (χ3v) is 1.62. The van der Waals surface area contributed by atoms with Gasteiger partial charge in [-0.1, -0.05) is 6.08 Å². The third kappa shape index (κ3) is 2.08. The fourth-order valence-corrected chi connectivity index (χ4v) is 0.797. The Hall–Kier alpha value is -1.30. The van der Waals surface area contributed by atoms with Crippen LogP contribution in [-0.2, 0) is 4.79 Å². The van der Waals surface area contributed by atoms with E-state index in [2.05, 4.69) is 5.32 Å². The van der Waals surface area contributed by atoms with Crippen LogP contribution in [0.2, 0.25) is 0 Å². The van der Waals surface area contributed by atoms with Gasteiger partial charge in [-0.25, -0.2) is 0 Å². The average molecular weight is 150 g/mol. The number of rotatable bonds is 2. The molecule has 1 amide bonds. The smallest absolute Gasteiger partial charge is 0.261 e. The van der Waals surface area contributed by atoms with Crippen LogP contribution in [0.4, 0.5) is 0 Å². The number of nitrogens with zero attached hydrogens (tertiary/aromatic N) is 1. The molecule has 1 aliphatic rings. The van der Waals surface area contributed by atoms with Crippen molar-refractivity contribution in [2.45, 2.75) is 12.8 Å². The molecule has 1 fully saturated rings. The van der Waals surface area contributed by atoms with Crippen LogP contribution >= 0.6 is 0 Å². The molecular formula is C8H10N2O. The number of carbonyl (C=O) groups excluding carboxylic acids is 1. The molecular weight excluding hydrogens is 140 g/mol. The van der Waals surface area contributed by atoms with Crippen molar-refractivity contribution < 1.29 is 4.79 Å². The highest BCUT2D eigenvalue weighted by atomic mass is 16.1. The van der Waals surface area contributed by atoms with Crippen molar-refractivity contribution in [1.82, 2.24) is 5.32 Å². The Morgan fingerprint density at radius 1 is 1.73 bits per heavy atom. The maximum absolute atomic E-state index is 10.9. The van der Waals surface area contributed by atoms with Gasteiger partial charge in [0.2, 0.25) is 0 Å². The normalized spacial score (nSPS) is 17.3. The maximum Gasteiger partial charge on any atom is 0.261 e. The number of likely N-dealkylation sites (N-methyl/N-ethyl adjacent to an activating group) is 1. The summed E-state index contributed by atoms with van der Waals surface area (Å²) >= 11 is 0. The lowest BCUT2D eigenvalue weighted by Crippen LogP contribution is -2.19. The van der Waals surface area contributed by atoms with E-state index in [0.717, 1.165) is 12.8 Å². The summed E-state index contributed by atoms with van der Waals surface area (Å²) in [5.74, 6) is 0.196. The Morgan fingerprint density at radius 3 is 2.73 bits per heavy atom. The highest BCUT2D eigenvalue weighted by Crippen LogP contribution is 2.31. The SMILES string of the molecule is CNC(=O)/C(C#N)=C/C1CC1. The molecule has 0 saturated heterocycles. The molecule has 11 heavy (non-hydrogen) atoms. The Bertz CT molecular complexity index is 233. The van der Waals surface area contributed by atoms with E-state index in [1.807, 2.05) is 6.07 Å². The second-order valence-corrected chi connectivity index (χ2v) is 2.61. The van der Waals surface area contributed by atoms with Gasteiger partial charge in [-0.15, -0.1) is 0 Å². The standard InChI is InChI=1S/C8H10N2O/c1-10-8(11)7(5-9)4-6-2-3-6/h4,6H,2-3H2,1H3,(H,10,11)/b7-4+.